The normalized spacial score (nSPS) is 11.7. The topological polar surface area (TPSA) is 48.8 Å². The van der Waals surface area contributed by atoms with Crippen molar-refractivity contribution in [1.82, 2.24) is 10.6 Å². The molecule has 6 heteroatoms. The molecule has 4 nitrogen and oxygen atoms in total. The molecule has 0 amide bonds. The van der Waals surface area contributed by atoms with Gasteiger partial charge < -0.3 is 10.6 Å². The van der Waals surface area contributed by atoms with Gasteiger partial charge in [-0.25, -0.2) is 4.39 Å². The first-order chi connectivity index (χ1) is 17.5. The Labute approximate surface area is 230 Å². The molecule has 0 aromatic heterocycles. The predicted molar refractivity (Wildman–Crippen MR) is 165 cm³/mol. The van der Waals surface area contributed by atoms with Gasteiger partial charge in [0.05, 0.1) is 16.4 Å². The van der Waals surface area contributed by atoms with Gasteiger partial charge in [-0.2, -0.15) is 0 Å². The van der Waals surface area contributed by atoms with Crippen molar-refractivity contribution < 1.29 is 4.39 Å². The molecule has 0 saturated heterocycles. The molecule has 0 heterocycles. The van der Waals surface area contributed by atoms with E-state index in [4.69, 9.17) is 11.6 Å². The van der Waals surface area contributed by atoms with Gasteiger partial charge in [-0.1, -0.05) is 83.0 Å². The van der Waals surface area contributed by atoms with Gasteiger partial charge in [0.25, 0.3) is 0 Å². The third-order valence-corrected chi connectivity index (χ3v) is 4.76. The summed E-state index contributed by atoms with van der Waals surface area (Å²) in [5, 5.41) is 6.13. The van der Waals surface area contributed by atoms with Crippen LogP contribution >= 0.6 is 11.6 Å². The first-order valence-corrected chi connectivity index (χ1v) is 12.9. The van der Waals surface area contributed by atoms with Gasteiger partial charge in [-0.05, 0) is 63.0 Å². The van der Waals surface area contributed by atoms with Gasteiger partial charge in [0.15, 0.2) is 0 Å². The molecule has 0 aliphatic heterocycles. The lowest BCUT2D eigenvalue weighted by Crippen LogP contribution is -2.09. The van der Waals surface area contributed by atoms with Crippen molar-refractivity contribution >= 4 is 23.5 Å². The Morgan fingerprint density at radius 1 is 1.22 bits per heavy atom. The van der Waals surface area contributed by atoms with Crippen molar-refractivity contribution in [1.29, 1.82) is 0 Å². The van der Waals surface area contributed by atoms with E-state index in [1.165, 1.54) is 11.6 Å². The SMILES string of the molecule is C=C(N=CCC)C(C)=NC(C)C.C=C(NC)C1=CCC=C1.C=CC(=C)NCc1ccc(F)c(Cl)c1.CC. The summed E-state index contributed by atoms with van der Waals surface area (Å²) in [4.78, 5) is 8.48. The fraction of sp³-hybridized carbons (Fsp3) is 0.355. The van der Waals surface area contributed by atoms with Gasteiger partial charge in [0.2, 0.25) is 0 Å². The molecule has 0 saturated carbocycles. The average molecular weight is 529 g/mol. The summed E-state index contributed by atoms with van der Waals surface area (Å²) in [5.41, 5.74) is 5.55. The molecule has 0 radical (unpaired) electrons. The van der Waals surface area contributed by atoms with Crippen LogP contribution in [0.3, 0.4) is 0 Å². The summed E-state index contributed by atoms with van der Waals surface area (Å²) < 4.78 is 12.8. The summed E-state index contributed by atoms with van der Waals surface area (Å²) in [5.74, 6) is -0.405. The van der Waals surface area contributed by atoms with Crippen LogP contribution in [0.5, 0.6) is 0 Å². The molecule has 204 valence electrons. The molecule has 1 aliphatic rings. The average Bonchev–Trinajstić information content (AvgIpc) is 3.44. The van der Waals surface area contributed by atoms with Crippen LogP contribution in [0.1, 0.15) is 59.9 Å². The van der Waals surface area contributed by atoms with Crippen molar-refractivity contribution in [3.63, 3.8) is 0 Å². The van der Waals surface area contributed by atoms with Gasteiger partial charge in [0, 0.05) is 37.2 Å². The largest absolute Gasteiger partial charge is 0.388 e. The van der Waals surface area contributed by atoms with Crippen LogP contribution in [-0.2, 0) is 6.54 Å². The minimum absolute atomic E-state index is 0.133. The van der Waals surface area contributed by atoms with Crippen molar-refractivity contribution in [2.24, 2.45) is 9.98 Å². The lowest BCUT2D eigenvalue weighted by molar-refractivity contribution is 0.627. The molecule has 1 aliphatic carbocycles. The Morgan fingerprint density at radius 2 is 1.86 bits per heavy atom. The summed E-state index contributed by atoms with van der Waals surface area (Å²) >= 11 is 5.62. The van der Waals surface area contributed by atoms with E-state index in [1.807, 2.05) is 54.8 Å². The van der Waals surface area contributed by atoms with E-state index in [9.17, 15) is 4.39 Å². The predicted octanol–water partition coefficient (Wildman–Crippen LogP) is 8.75. The Morgan fingerprint density at radius 3 is 2.32 bits per heavy atom. The van der Waals surface area contributed by atoms with E-state index < -0.39 is 5.82 Å². The molecule has 1 aromatic rings. The van der Waals surface area contributed by atoms with E-state index in [2.05, 4.69) is 65.2 Å². The highest BCUT2D eigenvalue weighted by molar-refractivity contribution is 6.30. The molecule has 2 N–H and O–H groups in total. The molecule has 0 fully saturated rings. The van der Waals surface area contributed by atoms with Crippen LogP contribution < -0.4 is 10.6 Å². The number of aliphatic imine (C=N–C) groups is 2. The first kappa shape index (κ1) is 36.0. The van der Waals surface area contributed by atoms with E-state index in [0.717, 1.165) is 41.2 Å². The van der Waals surface area contributed by atoms with Crippen molar-refractivity contribution in [2.75, 3.05) is 7.05 Å². The molecule has 1 aromatic carbocycles. The second-order valence-electron chi connectivity index (χ2n) is 7.83. The zero-order valence-corrected chi connectivity index (χ0v) is 24.6. The number of likely N-dealkylation sites (N-methyl/N-ethyl adjacent to an activating group) is 1. The van der Waals surface area contributed by atoms with Crippen molar-refractivity contribution in [2.45, 2.75) is 67.0 Å². The number of halogens is 2. The maximum Gasteiger partial charge on any atom is 0.141 e. The second kappa shape index (κ2) is 22.1. The highest BCUT2D eigenvalue weighted by Gasteiger charge is 2.00. The van der Waals surface area contributed by atoms with Crippen LogP contribution in [0.4, 0.5) is 4.39 Å². The number of benzene rings is 1. The molecule has 0 unspecified atom stereocenters. The van der Waals surface area contributed by atoms with Gasteiger partial charge >= 0.3 is 0 Å². The van der Waals surface area contributed by atoms with Crippen LogP contribution in [0.15, 0.2) is 101 Å². The Hall–Kier alpha value is -3.18. The van der Waals surface area contributed by atoms with Crippen LogP contribution in [-0.4, -0.2) is 25.0 Å². The second-order valence-corrected chi connectivity index (χ2v) is 8.24. The molecular formula is C31H46ClFN4. The molecule has 2 rings (SSSR count). The summed E-state index contributed by atoms with van der Waals surface area (Å²) in [7, 11) is 1.88. The van der Waals surface area contributed by atoms with E-state index >= 15 is 0 Å². The summed E-state index contributed by atoms with van der Waals surface area (Å²) in [6, 6.07) is 4.92. The number of allylic oxidation sites excluding steroid dienone is 5. The minimum Gasteiger partial charge on any atom is -0.388 e. The smallest absolute Gasteiger partial charge is 0.141 e. The lowest BCUT2D eigenvalue weighted by atomic mass is 10.2. The third kappa shape index (κ3) is 17.8. The van der Waals surface area contributed by atoms with Gasteiger partial charge in [0.1, 0.15) is 5.82 Å². The zero-order chi connectivity index (χ0) is 28.8. The van der Waals surface area contributed by atoms with Gasteiger partial charge in [-0.3, -0.25) is 9.98 Å². The number of hydrogen-bond acceptors (Lipinski definition) is 4. The van der Waals surface area contributed by atoms with Crippen LogP contribution in [0.2, 0.25) is 5.02 Å². The number of nitrogens with zero attached hydrogens (tertiary/aromatic N) is 2. The maximum atomic E-state index is 12.8. The molecular weight excluding hydrogens is 483 g/mol. The monoisotopic (exact) mass is 528 g/mol. The van der Waals surface area contributed by atoms with E-state index in [0.29, 0.717) is 12.6 Å². The lowest BCUT2D eigenvalue weighted by Gasteiger charge is -2.06. The van der Waals surface area contributed by atoms with Crippen molar-refractivity contribution in [3.05, 3.63) is 108 Å². The highest BCUT2D eigenvalue weighted by Crippen LogP contribution is 2.16. The Bertz CT molecular complexity index is 985. The zero-order valence-electron chi connectivity index (χ0n) is 23.8. The highest BCUT2D eigenvalue weighted by atomic mass is 35.5. The maximum absolute atomic E-state index is 12.8. The number of rotatable bonds is 10. The van der Waals surface area contributed by atoms with Crippen molar-refractivity contribution in [3.8, 4) is 0 Å². The first-order valence-electron chi connectivity index (χ1n) is 12.5. The third-order valence-electron chi connectivity index (χ3n) is 4.47. The van der Waals surface area contributed by atoms with Crippen LogP contribution in [0.25, 0.3) is 0 Å². The van der Waals surface area contributed by atoms with Crippen LogP contribution in [0, 0.1) is 5.82 Å². The summed E-state index contributed by atoms with van der Waals surface area (Å²) in [6.45, 7) is 27.5. The quantitative estimate of drug-likeness (QED) is 0.235. The van der Waals surface area contributed by atoms with E-state index in [1.54, 1.807) is 18.2 Å². The summed E-state index contributed by atoms with van der Waals surface area (Å²) in [6.07, 6.45) is 11.8. The fourth-order valence-corrected chi connectivity index (χ4v) is 2.72. The molecule has 0 bridgehead atoms. The minimum atomic E-state index is -0.405. The van der Waals surface area contributed by atoms with Gasteiger partial charge in [-0.15, -0.1) is 0 Å². The van der Waals surface area contributed by atoms with E-state index in [-0.39, 0.29) is 5.02 Å². The molecule has 37 heavy (non-hydrogen) atoms. The fourth-order valence-electron chi connectivity index (χ4n) is 2.52. The number of hydrogen-bond donors (Lipinski definition) is 2. The molecule has 0 spiro atoms. The Balaban J connectivity index is 0. The Kier molecular flexibility index (Phi) is 21.4. The molecule has 0 atom stereocenters. The standard InChI is InChI=1S/C11H11ClFN.C10H18N2.C8H11N.C2H6/c1-3-8(2)14-7-9-4-5-11(13)10(12)6-9;1-6-7-11-9(4)10(5)12-8(2)3;1-7(9-2)8-5-3-4-6-8;1-2/h3-6,14H,1-2,7H2;7-8H,4,6H2,1-3,5H3;3,5-6,9H,1,4H2,2H3;1-2H3. The number of nitrogens with one attached hydrogen (secondary N) is 2.